The van der Waals surface area contributed by atoms with Gasteiger partial charge in [-0.1, -0.05) is 38.8 Å². The van der Waals surface area contributed by atoms with Crippen LogP contribution in [-0.2, 0) is 0 Å². The van der Waals surface area contributed by atoms with Crippen LogP contribution >= 0.6 is 0 Å². The highest BCUT2D eigenvalue weighted by molar-refractivity contribution is 5.08. The van der Waals surface area contributed by atoms with Crippen LogP contribution in [0.5, 0.6) is 0 Å². The number of rotatable bonds is 1. The van der Waals surface area contributed by atoms with Crippen molar-refractivity contribution in [3.05, 3.63) is 11.1 Å². The Bertz CT molecular complexity index is 214. The van der Waals surface area contributed by atoms with E-state index in [0.717, 1.165) is 5.92 Å². The molecule has 82 valence electrons. The third-order valence-corrected chi connectivity index (χ3v) is 2.09. The molecule has 0 rings (SSSR count). The summed E-state index contributed by atoms with van der Waals surface area (Å²) in [6.45, 7) is 17.0. The third kappa shape index (κ3) is 11.3. The average molecular weight is 194 g/mol. The molecule has 0 aliphatic rings. The van der Waals surface area contributed by atoms with E-state index in [0.29, 0.717) is 5.92 Å². The molecule has 0 aliphatic heterocycles. The molecule has 14 heavy (non-hydrogen) atoms. The van der Waals surface area contributed by atoms with Gasteiger partial charge in [0.2, 0.25) is 0 Å². The maximum atomic E-state index is 2.96. The van der Waals surface area contributed by atoms with Gasteiger partial charge in [-0.05, 0) is 33.6 Å². The van der Waals surface area contributed by atoms with Crippen molar-refractivity contribution in [2.75, 3.05) is 0 Å². The van der Waals surface area contributed by atoms with Crippen LogP contribution in [0.3, 0.4) is 0 Å². The summed E-state index contributed by atoms with van der Waals surface area (Å²) in [4.78, 5) is 0. The van der Waals surface area contributed by atoms with Crippen molar-refractivity contribution >= 4 is 0 Å². The highest BCUT2D eigenvalue weighted by Crippen LogP contribution is 2.11. The third-order valence-electron chi connectivity index (χ3n) is 2.09. The van der Waals surface area contributed by atoms with Gasteiger partial charge < -0.3 is 0 Å². The molecule has 0 saturated carbocycles. The zero-order valence-electron chi connectivity index (χ0n) is 11.2. The van der Waals surface area contributed by atoms with E-state index in [9.17, 15) is 0 Å². The molecule has 0 heteroatoms. The first-order valence-electron chi connectivity index (χ1n) is 5.39. The van der Waals surface area contributed by atoms with Crippen LogP contribution < -0.4 is 0 Å². The van der Waals surface area contributed by atoms with Gasteiger partial charge in [-0.2, -0.15) is 0 Å². The normalized spacial score (nSPS) is 8.71. The topological polar surface area (TPSA) is 0 Å². The lowest BCUT2D eigenvalue weighted by atomic mass is 10.0. The SMILES string of the molecule is CC#CC(C)C.CC(C)=C(C)C(C)C. The minimum Gasteiger partial charge on any atom is -0.106 e. The van der Waals surface area contributed by atoms with Crippen LogP contribution in [0.15, 0.2) is 11.1 Å². The van der Waals surface area contributed by atoms with Crippen LogP contribution in [0.4, 0.5) is 0 Å². The summed E-state index contributed by atoms with van der Waals surface area (Å²) in [5, 5.41) is 0. The van der Waals surface area contributed by atoms with Crippen molar-refractivity contribution in [3.8, 4) is 11.8 Å². The lowest BCUT2D eigenvalue weighted by Gasteiger charge is -2.05. The average Bonchev–Trinajstić information content (AvgIpc) is 2.03. The fraction of sp³-hybridized carbons (Fsp3) is 0.714. The van der Waals surface area contributed by atoms with Crippen LogP contribution in [0.1, 0.15) is 55.4 Å². The fourth-order valence-corrected chi connectivity index (χ4v) is 0.866. The van der Waals surface area contributed by atoms with E-state index < -0.39 is 0 Å². The molecule has 0 unspecified atom stereocenters. The second-order valence-corrected chi connectivity index (χ2v) is 4.39. The zero-order chi connectivity index (χ0) is 11.7. The minimum absolute atomic E-state index is 0.537. The van der Waals surface area contributed by atoms with Gasteiger partial charge in [-0.3, -0.25) is 0 Å². The van der Waals surface area contributed by atoms with Crippen LogP contribution in [-0.4, -0.2) is 0 Å². The Morgan fingerprint density at radius 3 is 1.36 bits per heavy atom. The molecule has 0 fully saturated rings. The van der Waals surface area contributed by atoms with Gasteiger partial charge in [0.25, 0.3) is 0 Å². The van der Waals surface area contributed by atoms with E-state index in [2.05, 4.69) is 60.3 Å². The fourth-order valence-electron chi connectivity index (χ4n) is 0.866. The highest BCUT2D eigenvalue weighted by atomic mass is 14.0. The number of hydrogen-bond donors (Lipinski definition) is 0. The van der Waals surface area contributed by atoms with Crippen molar-refractivity contribution in [2.45, 2.75) is 55.4 Å². The zero-order valence-corrected chi connectivity index (χ0v) is 11.2. The predicted molar refractivity (Wildman–Crippen MR) is 67.2 cm³/mol. The summed E-state index contributed by atoms with van der Waals surface area (Å²) in [6.07, 6.45) is 0. The molecular weight excluding hydrogens is 168 g/mol. The summed E-state index contributed by atoms with van der Waals surface area (Å²) in [5.41, 5.74) is 2.98. The van der Waals surface area contributed by atoms with Crippen molar-refractivity contribution in [2.24, 2.45) is 11.8 Å². The Hall–Kier alpha value is -0.700. The van der Waals surface area contributed by atoms with Gasteiger partial charge in [-0.15, -0.1) is 11.8 Å². The van der Waals surface area contributed by atoms with Gasteiger partial charge in [-0.25, -0.2) is 0 Å². The first kappa shape index (κ1) is 15.8. The van der Waals surface area contributed by atoms with Gasteiger partial charge >= 0.3 is 0 Å². The monoisotopic (exact) mass is 194 g/mol. The molecule has 0 amide bonds. The summed E-state index contributed by atoms with van der Waals surface area (Å²) in [5.74, 6) is 7.03. The summed E-state index contributed by atoms with van der Waals surface area (Å²) < 4.78 is 0. The Morgan fingerprint density at radius 2 is 1.36 bits per heavy atom. The summed E-state index contributed by atoms with van der Waals surface area (Å²) in [6, 6.07) is 0. The lowest BCUT2D eigenvalue weighted by Crippen LogP contribution is -1.89. The summed E-state index contributed by atoms with van der Waals surface area (Å²) >= 11 is 0. The Morgan fingerprint density at radius 1 is 0.929 bits per heavy atom. The van der Waals surface area contributed by atoms with Gasteiger partial charge in [0.1, 0.15) is 0 Å². The number of hydrogen-bond acceptors (Lipinski definition) is 0. The van der Waals surface area contributed by atoms with Crippen molar-refractivity contribution in [1.82, 2.24) is 0 Å². The first-order valence-corrected chi connectivity index (χ1v) is 5.39. The summed E-state index contributed by atoms with van der Waals surface area (Å²) in [7, 11) is 0. The molecule has 0 radical (unpaired) electrons. The van der Waals surface area contributed by atoms with E-state index in [1.807, 2.05) is 6.92 Å². The van der Waals surface area contributed by atoms with E-state index in [-0.39, 0.29) is 0 Å². The second kappa shape index (κ2) is 8.88. The molecule has 0 spiro atoms. The van der Waals surface area contributed by atoms with Crippen molar-refractivity contribution in [1.29, 1.82) is 0 Å². The molecule has 0 aliphatic carbocycles. The molecule has 0 nitrogen and oxygen atoms in total. The maximum absolute atomic E-state index is 2.96. The van der Waals surface area contributed by atoms with Crippen molar-refractivity contribution < 1.29 is 0 Å². The van der Waals surface area contributed by atoms with Crippen LogP contribution in [0.2, 0.25) is 0 Å². The lowest BCUT2D eigenvalue weighted by molar-refractivity contribution is 0.756. The standard InChI is InChI=1S/C8H16.C6H10/c1-6(2)8(5)7(3)4;1-4-5-6(2)3/h6H,1-5H3;6H,1-3H3. The molecule has 0 N–H and O–H groups in total. The molecule has 0 aromatic heterocycles. The van der Waals surface area contributed by atoms with E-state index in [4.69, 9.17) is 0 Å². The predicted octanol–water partition coefficient (Wildman–Crippen LogP) is 4.66. The molecule has 0 atom stereocenters. The van der Waals surface area contributed by atoms with Crippen molar-refractivity contribution in [3.63, 3.8) is 0 Å². The first-order chi connectivity index (χ1) is 6.32. The Balaban J connectivity index is 0. The maximum Gasteiger partial charge on any atom is 0.0146 e. The van der Waals surface area contributed by atoms with Crippen LogP contribution in [0, 0.1) is 23.7 Å². The Labute approximate surface area is 90.8 Å². The molecule has 0 aromatic rings. The largest absolute Gasteiger partial charge is 0.106 e. The van der Waals surface area contributed by atoms with Crippen LogP contribution in [0.25, 0.3) is 0 Å². The highest BCUT2D eigenvalue weighted by Gasteiger charge is 1.95. The molecule has 0 aromatic carbocycles. The quantitative estimate of drug-likeness (QED) is 0.420. The molecule has 0 heterocycles. The van der Waals surface area contributed by atoms with Gasteiger partial charge in [0, 0.05) is 5.92 Å². The number of allylic oxidation sites excluding steroid dienone is 2. The van der Waals surface area contributed by atoms with Gasteiger partial charge in [0.15, 0.2) is 0 Å². The minimum atomic E-state index is 0.537. The van der Waals surface area contributed by atoms with E-state index in [1.165, 1.54) is 11.1 Å². The smallest absolute Gasteiger partial charge is 0.0146 e. The van der Waals surface area contributed by atoms with E-state index >= 15 is 0 Å². The second-order valence-electron chi connectivity index (χ2n) is 4.39. The molecule has 0 saturated heterocycles. The molecule has 0 bridgehead atoms. The van der Waals surface area contributed by atoms with Gasteiger partial charge in [0.05, 0.1) is 0 Å². The Kier molecular flexibility index (Phi) is 9.99. The van der Waals surface area contributed by atoms with E-state index in [1.54, 1.807) is 0 Å². The molecular formula is C14H26.